The lowest BCUT2D eigenvalue weighted by molar-refractivity contribution is -0.138. The average Bonchev–Trinajstić information content (AvgIpc) is 2.70. The summed E-state index contributed by atoms with van der Waals surface area (Å²) in [6.07, 6.45) is 0. The molecule has 0 aliphatic carbocycles. The molecular formula is C13H9F2N3O4. The molecule has 9 heteroatoms. The highest BCUT2D eigenvalue weighted by molar-refractivity contribution is 6.01. The van der Waals surface area contributed by atoms with Crippen LogP contribution in [0.1, 0.15) is 22.0 Å². The van der Waals surface area contributed by atoms with E-state index in [0.717, 1.165) is 11.0 Å². The number of amides is 2. The van der Waals surface area contributed by atoms with Gasteiger partial charge in [-0.15, -0.1) is 0 Å². The summed E-state index contributed by atoms with van der Waals surface area (Å²) in [5.74, 6) is -5.01. The van der Waals surface area contributed by atoms with Gasteiger partial charge in [0.25, 0.3) is 5.91 Å². The van der Waals surface area contributed by atoms with Crippen LogP contribution in [-0.2, 0) is 9.59 Å². The van der Waals surface area contributed by atoms with Crippen LogP contribution >= 0.6 is 0 Å². The van der Waals surface area contributed by atoms with Crippen molar-refractivity contribution in [3.8, 4) is 6.07 Å². The number of aliphatic carboxylic acids is 1. The summed E-state index contributed by atoms with van der Waals surface area (Å²) in [5, 5.41) is 19.6. The van der Waals surface area contributed by atoms with Crippen LogP contribution in [0.25, 0.3) is 0 Å². The number of nitrogens with one attached hydrogen (secondary N) is 1. The van der Waals surface area contributed by atoms with Gasteiger partial charge in [-0.2, -0.15) is 5.26 Å². The number of carboxylic acid groups (broad SMARTS) is 1. The fourth-order valence-electron chi connectivity index (χ4n) is 2.15. The lowest BCUT2D eigenvalue weighted by Crippen LogP contribution is -2.40. The topological polar surface area (TPSA) is 111 Å². The minimum atomic E-state index is -1.38. The van der Waals surface area contributed by atoms with Crippen LogP contribution in [0.4, 0.5) is 8.78 Å². The van der Waals surface area contributed by atoms with Gasteiger partial charge >= 0.3 is 5.97 Å². The van der Waals surface area contributed by atoms with Crippen molar-refractivity contribution in [1.82, 2.24) is 10.2 Å². The molecule has 1 heterocycles. The van der Waals surface area contributed by atoms with Gasteiger partial charge in [0.05, 0.1) is 11.6 Å². The van der Waals surface area contributed by atoms with Gasteiger partial charge in [0.1, 0.15) is 30.8 Å². The Morgan fingerprint density at radius 3 is 2.68 bits per heavy atom. The number of halogens is 2. The lowest BCUT2D eigenvalue weighted by Gasteiger charge is -2.19. The largest absolute Gasteiger partial charge is 0.480 e. The normalized spacial score (nSPS) is 16.1. The first-order chi connectivity index (χ1) is 10.3. The van der Waals surface area contributed by atoms with E-state index >= 15 is 0 Å². The standard InChI is InChI=1S/C13H9F2N3O4/c14-6-1-7-12(8(15)2-6)9(3-16)18(13(7)22)5-10(19)17-4-11(20)21/h1-2,9H,4-5H2,(H,17,19)(H,20,21). The predicted molar refractivity (Wildman–Crippen MR) is 66.4 cm³/mol. The van der Waals surface area contributed by atoms with Gasteiger partial charge in [-0.3, -0.25) is 14.4 Å². The van der Waals surface area contributed by atoms with E-state index in [4.69, 9.17) is 10.4 Å². The maximum absolute atomic E-state index is 13.8. The Balaban J connectivity index is 2.26. The number of hydrogen-bond donors (Lipinski definition) is 2. The molecule has 0 fully saturated rings. The minimum absolute atomic E-state index is 0.292. The third kappa shape index (κ3) is 2.71. The monoisotopic (exact) mass is 309 g/mol. The van der Waals surface area contributed by atoms with Crippen molar-refractivity contribution in [2.24, 2.45) is 0 Å². The first-order valence-electron chi connectivity index (χ1n) is 6.03. The van der Waals surface area contributed by atoms with Crippen LogP contribution < -0.4 is 5.32 Å². The Morgan fingerprint density at radius 2 is 2.09 bits per heavy atom. The number of carbonyl (C=O) groups is 3. The molecule has 0 saturated heterocycles. The maximum Gasteiger partial charge on any atom is 0.322 e. The molecule has 0 radical (unpaired) electrons. The van der Waals surface area contributed by atoms with Gasteiger partial charge in [0, 0.05) is 11.6 Å². The molecule has 2 N–H and O–H groups in total. The molecule has 2 rings (SSSR count). The molecule has 0 spiro atoms. The quantitative estimate of drug-likeness (QED) is 0.824. The van der Waals surface area contributed by atoms with E-state index in [1.54, 1.807) is 6.07 Å². The van der Waals surface area contributed by atoms with Crippen molar-refractivity contribution >= 4 is 17.8 Å². The number of fused-ring (bicyclic) bond motifs is 1. The zero-order valence-corrected chi connectivity index (χ0v) is 11.0. The molecule has 1 aliphatic rings. The summed E-state index contributed by atoms with van der Waals surface area (Å²) in [6, 6.07) is 1.64. The van der Waals surface area contributed by atoms with Crippen LogP contribution in [-0.4, -0.2) is 40.9 Å². The third-order valence-electron chi connectivity index (χ3n) is 3.04. The zero-order valence-electron chi connectivity index (χ0n) is 11.0. The van der Waals surface area contributed by atoms with E-state index in [0.29, 0.717) is 6.07 Å². The number of rotatable bonds is 4. The molecule has 22 heavy (non-hydrogen) atoms. The van der Waals surface area contributed by atoms with Crippen LogP contribution in [0, 0.1) is 23.0 Å². The Kier molecular flexibility index (Phi) is 4.03. The second-order valence-corrected chi connectivity index (χ2v) is 4.48. The van der Waals surface area contributed by atoms with Crippen molar-refractivity contribution in [2.75, 3.05) is 13.1 Å². The highest BCUT2D eigenvalue weighted by Gasteiger charge is 2.40. The van der Waals surface area contributed by atoms with Gasteiger partial charge in [-0.05, 0) is 6.07 Å². The van der Waals surface area contributed by atoms with E-state index in [9.17, 15) is 23.2 Å². The Labute approximate surface area is 122 Å². The molecular weight excluding hydrogens is 300 g/mol. The van der Waals surface area contributed by atoms with E-state index in [2.05, 4.69) is 0 Å². The summed E-state index contributed by atoms with van der Waals surface area (Å²) in [7, 11) is 0. The van der Waals surface area contributed by atoms with Crippen LogP contribution in [0.15, 0.2) is 12.1 Å². The molecule has 0 bridgehead atoms. The van der Waals surface area contributed by atoms with Crippen LogP contribution in [0.3, 0.4) is 0 Å². The SMILES string of the molecule is N#CC1c2c(F)cc(F)cc2C(=O)N1CC(=O)NCC(=O)O. The third-order valence-corrected chi connectivity index (χ3v) is 3.04. The Hall–Kier alpha value is -3.02. The highest BCUT2D eigenvalue weighted by atomic mass is 19.1. The minimum Gasteiger partial charge on any atom is -0.480 e. The van der Waals surface area contributed by atoms with Gasteiger partial charge < -0.3 is 15.3 Å². The zero-order chi connectivity index (χ0) is 16.4. The van der Waals surface area contributed by atoms with E-state index in [1.165, 1.54) is 0 Å². The second-order valence-electron chi connectivity index (χ2n) is 4.48. The molecule has 0 saturated carbocycles. The molecule has 1 unspecified atom stereocenters. The summed E-state index contributed by atoms with van der Waals surface area (Å²) in [4.78, 5) is 34.8. The van der Waals surface area contributed by atoms with Crippen molar-refractivity contribution in [1.29, 1.82) is 5.26 Å². The number of carbonyl (C=O) groups excluding carboxylic acids is 2. The molecule has 114 valence electrons. The predicted octanol–water partition coefficient (Wildman–Crippen LogP) is 0.186. The molecule has 1 atom stereocenters. The van der Waals surface area contributed by atoms with Gasteiger partial charge in [-0.1, -0.05) is 0 Å². The molecule has 1 aromatic carbocycles. The Bertz CT molecular complexity index is 714. The summed E-state index contributed by atoms with van der Waals surface area (Å²) >= 11 is 0. The molecule has 1 aliphatic heterocycles. The molecule has 1 aromatic rings. The average molecular weight is 309 g/mol. The first kappa shape index (κ1) is 15.4. The fraction of sp³-hybridized carbons (Fsp3) is 0.231. The van der Waals surface area contributed by atoms with Crippen molar-refractivity contribution in [3.05, 3.63) is 34.9 Å². The van der Waals surface area contributed by atoms with Crippen LogP contribution in [0.5, 0.6) is 0 Å². The number of benzene rings is 1. The van der Waals surface area contributed by atoms with E-state index in [-0.39, 0.29) is 11.1 Å². The number of carboxylic acids is 1. The smallest absolute Gasteiger partial charge is 0.322 e. The van der Waals surface area contributed by atoms with Crippen LogP contribution in [0.2, 0.25) is 0 Å². The van der Waals surface area contributed by atoms with Crippen molar-refractivity contribution < 1.29 is 28.3 Å². The van der Waals surface area contributed by atoms with Crippen molar-refractivity contribution in [2.45, 2.75) is 6.04 Å². The number of nitrogens with zero attached hydrogens (tertiary/aromatic N) is 2. The number of hydrogen-bond acceptors (Lipinski definition) is 4. The second kappa shape index (κ2) is 5.77. The molecule has 7 nitrogen and oxygen atoms in total. The van der Waals surface area contributed by atoms with Gasteiger partial charge in [0.15, 0.2) is 0 Å². The maximum atomic E-state index is 13.8. The Morgan fingerprint density at radius 1 is 1.41 bits per heavy atom. The van der Waals surface area contributed by atoms with Gasteiger partial charge in [0.2, 0.25) is 5.91 Å². The summed E-state index contributed by atoms with van der Waals surface area (Å²) < 4.78 is 27.0. The fourth-order valence-corrected chi connectivity index (χ4v) is 2.15. The van der Waals surface area contributed by atoms with E-state index < -0.39 is 48.5 Å². The van der Waals surface area contributed by atoms with Crippen molar-refractivity contribution in [3.63, 3.8) is 0 Å². The highest BCUT2D eigenvalue weighted by Crippen LogP contribution is 2.35. The number of nitriles is 1. The molecule has 0 aromatic heterocycles. The summed E-state index contributed by atoms with van der Waals surface area (Å²) in [6.45, 7) is -1.30. The van der Waals surface area contributed by atoms with E-state index in [1.807, 2.05) is 5.32 Å². The molecule has 2 amide bonds. The van der Waals surface area contributed by atoms with Gasteiger partial charge in [-0.25, -0.2) is 8.78 Å². The first-order valence-corrected chi connectivity index (χ1v) is 6.03. The summed E-state index contributed by atoms with van der Waals surface area (Å²) in [5.41, 5.74) is -0.616. The lowest BCUT2D eigenvalue weighted by atomic mass is 10.0.